The van der Waals surface area contributed by atoms with E-state index in [1.807, 2.05) is 18.2 Å². The summed E-state index contributed by atoms with van der Waals surface area (Å²) in [5, 5.41) is 14.2. The van der Waals surface area contributed by atoms with Crippen LogP contribution in [-0.4, -0.2) is 48.3 Å². The van der Waals surface area contributed by atoms with E-state index in [4.69, 9.17) is 4.74 Å². The molecule has 3 fully saturated rings. The molecular formula is C20H28N2O3. The highest BCUT2D eigenvalue weighted by Gasteiger charge is 2.45. The number of ether oxygens (including phenoxy) is 1. The Bertz CT molecular complexity index is 662. The first-order valence-electron chi connectivity index (χ1n) is 9.50. The number of hydrogen-bond acceptors (Lipinski definition) is 4. The molecule has 136 valence electrons. The van der Waals surface area contributed by atoms with Gasteiger partial charge in [-0.2, -0.15) is 0 Å². The van der Waals surface area contributed by atoms with Crippen molar-refractivity contribution in [3.63, 3.8) is 0 Å². The zero-order valence-electron chi connectivity index (χ0n) is 15.1. The molecule has 1 unspecified atom stereocenters. The predicted molar refractivity (Wildman–Crippen MR) is 96.9 cm³/mol. The Morgan fingerprint density at radius 1 is 1.44 bits per heavy atom. The molecule has 25 heavy (non-hydrogen) atoms. The molecule has 4 heterocycles. The fourth-order valence-electron chi connectivity index (χ4n) is 5.17. The molecule has 2 N–H and O–H groups in total. The quantitative estimate of drug-likeness (QED) is 0.881. The number of nitrogens with zero attached hydrogens (tertiary/aromatic N) is 1. The number of methoxy groups -OCH3 is 1. The lowest BCUT2D eigenvalue weighted by molar-refractivity contribution is -0.118. The fraction of sp³-hybridized carbons (Fsp3) is 0.650. The van der Waals surface area contributed by atoms with E-state index in [0.717, 1.165) is 48.3 Å². The smallest absolute Gasteiger partial charge is 0.225 e. The van der Waals surface area contributed by atoms with Gasteiger partial charge in [0.15, 0.2) is 0 Å². The number of fused-ring (bicyclic) bond motifs is 4. The Balaban J connectivity index is 1.61. The Hall–Kier alpha value is -1.59. The molecule has 1 aromatic rings. The summed E-state index contributed by atoms with van der Waals surface area (Å²) in [5.74, 6) is 2.08. The van der Waals surface area contributed by atoms with Crippen LogP contribution in [0.2, 0.25) is 0 Å². The van der Waals surface area contributed by atoms with E-state index in [9.17, 15) is 9.90 Å². The number of aliphatic hydroxyl groups is 1. The summed E-state index contributed by atoms with van der Waals surface area (Å²) in [7, 11) is 1.64. The Kier molecular flexibility index (Phi) is 4.46. The number of hydrogen-bond donors (Lipinski definition) is 2. The Morgan fingerprint density at radius 3 is 2.96 bits per heavy atom. The molecule has 0 saturated carbocycles. The minimum absolute atomic E-state index is 0.0101. The minimum atomic E-state index is -0.516. The highest BCUT2D eigenvalue weighted by molar-refractivity contribution is 5.95. The zero-order chi connectivity index (χ0) is 17.6. The van der Waals surface area contributed by atoms with Crippen LogP contribution < -0.4 is 10.1 Å². The first-order chi connectivity index (χ1) is 12.1. The summed E-state index contributed by atoms with van der Waals surface area (Å²) < 4.78 is 5.35. The second-order valence-electron chi connectivity index (χ2n) is 7.82. The van der Waals surface area contributed by atoms with Gasteiger partial charge in [0.25, 0.3) is 0 Å². The number of aliphatic hydroxyl groups excluding tert-OH is 1. The van der Waals surface area contributed by atoms with Crippen LogP contribution in [0.4, 0.5) is 5.69 Å². The van der Waals surface area contributed by atoms with Gasteiger partial charge in [-0.05, 0) is 55.0 Å². The highest BCUT2D eigenvalue weighted by Crippen LogP contribution is 2.44. The molecule has 0 aliphatic carbocycles. The van der Waals surface area contributed by atoms with Crippen molar-refractivity contribution < 1.29 is 14.6 Å². The fourth-order valence-corrected chi connectivity index (χ4v) is 5.17. The van der Waals surface area contributed by atoms with E-state index < -0.39 is 6.10 Å². The lowest BCUT2D eigenvalue weighted by Gasteiger charge is -2.52. The molecule has 1 aromatic carbocycles. The molecule has 0 spiro atoms. The van der Waals surface area contributed by atoms with Crippen molar-refractivity contribution in [2.45, 2.75) is 50.7 Å². The first kappa shape index (κ1) is 16.9. The topological polar surface area (TPSA) is 61.8 Å². The van der Waals surface area contributed by atoms with Crippen LogP contribution in [0.1, 0.15) is 44.1 Å². The summed E-state index contributed by atoms with van der Waals surface area (Å²) in [6, 6.07) is 5.86. The van der Waals surface area contributed by atoms with E-state index >= 15 is 0 Å². The van der Waals surface area contributed by atoms with Gasteiger partial charge < -0.3 is 15.2 Å². The number of anilines is 1. The molecule has 4 aliphatic rings. The molecule has 5 rings (SSSR count). The van der Waals surface area contributed by atoms with E-state index in [-0.39, 0.29) is 17.9 Å². The lowest BCUT2D eigenvalue weighted by Crippen LogP contribution is -2.58. The summed E-state index contributed by atoms with van der Waals surface area (Å²) in [6.45, 7) is 4.44. The van der Waals surface area contributed by atoms with Crippen molar-refractivity contribution in [1.29, 1.82) is 0 Å². The normalized spacial score (nSPS) is 35.0. The standard InChI is InChI=1S/C20H28N2O3/c1-3-12-11-22-7-6-13(12)8-18(22)20(24)16-10-19(23)21-17-5-4-14(25-2)9-15(16)17/h4-5,9,12-13,16,18,20,24H,3,6-8,10-11H2,1-2H3,(H,21,23)/t12-,13-,16-,18-,20+/m0/s1. The van der Waals surface area contributed by atoms with Crippen LogP contribution in [0.15, 0.2) is 18.2 Å². The third kappa shape index (κ3) is 2.93. The maximum absolute atomic E-state index is 12.2. The monoisotopic (exact) mass is 344 g/mol. The molecule has 6 atom stereocenters. The van der Waals surface area contributed by atoms with Crippen LogP contribution in [0.25, 0.3) is 0 Å². The number of carbonyl (C=O) groups is 1. The van der Waals surface area contributed by atoms with Crippen LogP contribution in [0, 0.1) is 11.8 Å². The lowest BCUT2D eigenvalue weighted by atomic mass is 9.70. The van der Waals surface area contributed by atoms with Crippen molar-refractivity contribution in [3.05, 3.63) is 23.8 Å². The Labute approximate surface area is 149 Å². The summed E-state index contributed by atoms with van der Waals surface area (Å²) in [5.41, 5.74) is 1.81. The number of rotatable bonds is 4. The number of carbonyl (C=O) groups excluding carboxylic acids is 1. The van der Waals surface area contributed by atoms with Gasteiger partial charge in [0.1, 0.15) is 5.75 Å². The van der Waals surface area contributed by atoms with Crippen molar-refractivity contribution in [1.82, 2.24) is 4.90 Å². The van der Waals surface area contributed by atoms with Crippen molar-refractivity contribution >= 4 is 11.6 Å². The van der Waals surface area contributed by atoms with Gasteiger partial charge in [0.2, 0.25) is 5.91 Å². The molecule has 0 radical (unpaired) electrons. The van der Waals surface area contributed by atoms with Crippen LogP contribution in [0.3, 0.4) is 0 Å². The molecule has 5 nitrogen and oxygen atoms in total. The van der Waals surface area contributed by atoms with Crippen molar-refractivity contribution in [2.75, 3.05) is 25.5 Å². The van der Waals surface area contributed by atoms with Gasteiger partial charge in [0, 0.05) is 30.6 Å². The van der Waals surface area contributed by atoms with Gasteiger partial charge >= 0.3 is 0 Å². The number of nitrogens with one attached hydrogen (secondary N) is 1. The van der Waals surface area contributed by atoms with Crippen LogP contribution in [-0.2, 0) is 4.79 Å². The van der Waals surface area contributed by atoms with E-state index in [0.29, 0.717) is 6.42 Å². The molecule has 1 amide bonds. The van der Waals surface area contributed by atoms with Gasteiger partial charge in [-0.1, -0.05) is 13.3 Å². The molecule has 0 aromatic heterocycles. The van der Waals surface area contributed by atoms with Crippen LogP contribution in [0.5, 0.6) is 5.75 Å². The van der Waals surface area contributed by atoms with Gasteiger partial charge in [-0.15, -0.1) is 0 Å². The van der Waals surface area contributed by atoms with Gasteiger partial charge in [-0.25, -0.2) is 0 Å². The number of benzene rings is 1. The van der Waals surface area contributed by atoms with Gasteiger partial charge in [0.05, 0.1) is 13.2 Å². The first-order valence-corrected chi connectivity index (χ1v) is 9.50. The minimum Gasteiger partial charge on any atom is -0.497 e. The summed E-state index contributed by atoms with van der Waals surface area (Å²) in [6.07, 6.45) is 3.34. The van der Waals surface area contributed by atoms with E-state index in [2.05, 4.69) is 17.1 Å². The Morgan fingerprint density at radius 2 is 2.28 bits per heavy atom. The second kappa shape index (κ2) is 6.61. The maximum Gasteiger partial charge on any atom is 0.225 e. The third-order valence-corrected chi connectivity index (χ3v) is 6.60. The molecular weight excluding hydrogens is 316 g/mol. The van der Waals surface area contributed by atoms with Crippen molar-refractivity contribution in [2.24, 2.45) is 11.8 Å². The zero-order valence-corrected chi connectivity index (χ0v) is 15.1. The van der Waals surface area contributed by atoms with Crippen molar-refractivity contribution in [3.8, 4) is 5.75 Å². The largest absolute Gasteiger partial charge is 0.497 e. The molecule has 2 bridgehead atoms. The van der Waals surface area contributed by atoms with E-state index in [1.165, 1.54) is 12.8 Å². The summed E-state index contributed by atoms with van der Waals surface area (Å²) in [4.78, 5) is 14.6. The second-order valence-corrected chi connectivity index (χ2v) is 7.82. The molecule has 4 aliphatic heterocycles. The summed E-state index contributed by atoms with van der Waals surface area (Å²) >= 11 is 0. The van der Waals surface area contributed by atoms with E-state index in [1.54, 1.807) is 7.11 Å². The SMILES string of the molecule is CC[C@H]1CN2CC[C@H]1C[C@H]2[C@H](O)[C@H]1CC(=O)Nc2ccc(OC)cc21. The third-order valence-electron chi connectivity index (χ3n) is 6.60. The predicted octanol–water partition coefficient (Wildman–Crippen LogP) is 2.60. The highest BCUT2D eigenvalue weighted by atomic mass is 16.5. The average molecular weight is 344 g/mol. The molecule has 3 saturated heterocycles. The average Bonchev–Trinajstić information content (AvgIpc) is 2.66. The number of amides is 1. The molecule has 5 heteroatoms. The van der Waals surface area contributed by atoms with Crippen LogP contribution >= 0.6 is 0 Å². The number of piperidine rings is 3. The maximum atomic E-state index is 12.2. The van der Waals surface area contributed by atoms with Gasteiger partial charge in [-0.3, -0.25) is 9.69 Å².